The molecule has 0 fully saturated rings. The van der Waals surface area contributed by atoms with Crippen molar-refractivity contribution in [3.05, 3.63) is 54.4 Å². The third-order valence-corrected chi connectivity index (χ3v) is 4.06. The Labute approximate surface area is 112 Å². The first-order valence-corrected chi connectivity index (χ1v) is 7.21. The molecular formula is C13H13N3O2S. The number of sulfonamides is 1. The number of hydrogen-bond donors (Lipinski definition) is 1. The van der Waals surface area contributed by atoms with Crippen LogP contribution in [-0.4, -0.2) is 19.5 Å². The lowest BCUT2D eigenvalue weighted by atomic mass is 10.2. The number of benzene rings is 1. The predicted octanol–water partition coefficient (Wildman–Crippen LogP) is 1.34. The van der Waals surface area contributed by atoms with Crippen LogP contribution in [-0.2, 0) is 16.6 Å². The van der Waals surface area contributed by atoms with Gasteiger partial charge < -0.3 is 4.57 Å². The van der Waals surface area contributed by atoms with Gasteiger partial charge in [0, 0.05) is 25.5 Å². The van der Waals surface area contributed by atoms with Gasteiger partial charge in [-0.1, -0.05) is 6.07 Å². The molecule has 1 N–H and O–H groups in total. The second kappa shape index (κ2) is 5.69. The fraction of sp³-hybridized carbons (Fsp3) is 0.154. The summed E-state index contributed by atoms with van der Waals surface area (Å²) in [6.45, 7) is 0.859. The maximum Gasteiger partial charge on any atom is 0.240 e. The molecule has 0 aliphatic carbocycles. The van der Waals surface area contributed by atoms with Gasteiger partial charge in [0.2, 0.25) is 10.0 Å². The van der Waals surface area contributed by atoms with Crippen molar-refractivity contribution in [3.8, 4) is 6.07 Å². The second-order valence-corrected chi connectivity index (χ2v) is 5.73. The zero-order valence-electron chi connectivity index (χ0n) is 10.2. The van der Waals surface area contributed by atoms with Crippen LogP contribution < -0.4 is 4.72 Å². The Morgan fingerprint density at radius 2 is 1.95 bits per heavy atom. The van der Waals surface area contributed by atoms with Crippen molar-refractivity contribution in [2.75, 3.05) is 6.54 Å². The molecule has 0 aliphatic rings. The van der Waals surface area contributed by atoms with Crippen LogP contribution in [0.15, 0.2) is 53.7 Å². The Morgan fingerprint density at radius 1 is 1.21 bits per heavy atom. The van der Waals surface area contributed by atoms with Crippen molar-refractivity contribution in [2.24, 2.45) is 0 Å². The number of nitrogens with one attached hydrogen (secondary N) is 1. The molecule has 5 nitrogen and oxygen atoms in total. The molecule has 0 spiro atoms. The Bertz CT molecular complexity index is 685. The first-order chi connectivity index (χ1) is 9.12. The molecule has 6 heteroatoms. The van der Waals surface area contributed by atoms with E-state index in [2.05, 4.69) is 4.72 Å². The van der Waals surface area contributed by atoms with Crippen LogP contribution in [0, 0.1) is 11.3 Å². The van der Waals surface area contributed by atoms with Crippen LogP contribution in [0.5, 0.6) is 0 Å². The average Bonchev–Trinajstić information content (AvgIpc) is 2.92. The maximum atomic E-state index is 12.0. The smallest absolute Gasteiger partial charge is 0.240 e. The van der Waals surface area contributed by atoms with E-state index in [1.807, 2.05) is 35.2 Å². The molecule has 0 saturated carbocycles. The fourth-order valence-corrected chi connectivity index (χ4v) is 2.71. The summed E-state index contributed by atoms with van der Waals surface area (Å²) in [6.07, 6.45) is 3.73. The highest BCUT2D eigenvalue weighted by Crippen LogP contribution is 2.10. The Hall–Kier alpha value is -2.10. The van der Waals surface area contributed by atoms with Crippen molar-refractivity contribution in [2.45, 2.75) is 11.4 Å². The van der Waals surface area contributed by atoms with Crippen LogP contribution in [0.2, 0.25) is 0 Å². The van der Waals surface area contributed by atoms with Crippen molar-refractivity contribution in [3.63, 3.8) is 0 Å². The normalized spacial score (nSPS) is 11.1. The summed E-state index contributed by atoms with van der Waals surface area (Å²) in [6, 6.07) is 11.6. The van der Waals surface area contributed by atoms with Gasteiger partial charge in [-0.25, -0.2) is 13.1 Å². The third kappa shape index (κ3) is 3.44. The van der Waals surface area contributed by atoms with E-state index in [9.17, 15) is 8.42 Å². The number of nitriles is 1. The van der Waals surface area contributed by atoms with Crippen molar-refractivity contribution >= 4 is 10.0 Å². The van der Waals surface area contributed by atoms with E-state index < -0.39 is 10.0 Å². The molecule has 1 aromatic heterocycles. The van der Waals surface area contributed by atoms with E-state index in [0.29, 0.717) is 18.7 Å². The number of nitrogens with zero attached hydrogens (tertiary/aromatic N) is 2. The van der Waals surface area contributed by atoms with Gasteiger partial charge in [-0.15, -0.1) is 0 Å². The molecule has 0 saturated heterocycles. The van der Waals surface area contributed by atoms with Crippen molar-refractivity contribution in [1.82, 2.24) is 9.29 Å². The lowest BCUT2D eigenvalue weighted by Gasteiger charge is -2.07. The molecule has 0 radical (unpaired) electrons. The number of hydrogen-bond acceptors (Lipinski definition) is 3. The molecule has 1 heterocycles. The van der Waals surface area contributed by atoms with Crippen LogP contribution in [0.25, 0.3) is 0 Å². The van der Waals surface area contributed by atoms with Gasteiger partial charge in [0.05, 0.1) is 16.5 Å². The molecule has 2 aromatic rings. The Kier molecular flexibility index (Phi) is 4.00. The summed E-state index contributed by atoms with van der Waals surface area (Å²) in [5, 5.41) is 8.76. The highest BCUT2D eigenvalue weighted by molar-refractivity contribution is 7.89. The average molecular weight is 275 g/mol. The van der Waals surface area contributed by atoms with Gasteiger partial charge in [-0.3, -0.25) is 0 Å². The highest BCUT2D eigenvalue weighted by Gasteiger charge is 2.13. The summed E-state index contributed by atoms with van der Waals surface area (Å²) in [7, 11) is -3.56. The fourth-order valence-electron chi connectivity index (χ4n) is 1.64. The van der Waals surface area contributed by atoms with E-state index in [1.54, 1.807) is 12.1 Å². The summed E-state index contributed by atoms with van der Waals surface area (Å²) in [5.74, 6) is 0. The van der Waals surface area contributed by atoms with Crippen molar-refractivity contribution < 1.29 is 8.42 Å². The standard InChI is InChI=1S/C13H13N3O2S/c14-11-12-4-3-5-13(10-12)19(17,18)15-6-9-16-7-1-2-8-16/h1-5,7-8,10,15H,6,9H2. The lowest BCUT2D eigenvalue weighted by molar-refractivity contribution is 0.573. The predicted molar refractivity (Wildman–Crippen MR) is 70.8 cm³/mol. The largest absolute Gasteiger partial charge is 0.353 e. The Balaban J connectivity index is 2.03. The minimum absolute atomic E-state index is 0.110. The van der Waals surface area contributed by atoms with Crippen LogP contribution in [0.4, 0.5) is 0 Å². The van der Waals surface area contributed by atoms with Crippen LogP contribution in [0.1, 0.15) is 5.56 Å². The minimum Gasteiger partial charge on any atom is -0.353 e. The monoisotopic (exact) mass is 275 g/mol. The summed E-state index contributed by atoms with van der Waals surface area (Å²) in [5.41, 5.74) is 0.327. The lowest BCUT2D eigenvalue weighted by Crippen LogP contribution is -2.27. The van der Waals surface area contributed by atoms with Gasteiger partial charge in [0.15, 0.2) is 0 Å². The number of rotatable bonds is 5. The molecule has 2 rings (SSSR count). The molecule has 0 amide bonds. The molecule has 19 heavy (non-hydrogen) atoms. The zero-order chi connectivity index (χ0) is 13.7. The summed E-state index contributed by atoms with van der Waals surface area (Å²) >= 11 is 0. The molecule has 0 unspecified atom stereocenters. The SMILES string of the molecule is N#Cc1cccc(S(=O)(=O)NCCn2cccc2)c1. The maximum absolute atomic E-state index is 12.0. The summed E-state index contributed by atoms with van der Waals surface area (Å²) < 4.78 is 28.4. The van der Waals surface area contributed by atoms with Gasteiger partial charge in [0.1, 0.15) is 0 Å². The van der Waals surface area contributed by atoms with E-state index in [1.165, 1.54) is 12.1 Å². The van der Waals surface area contributed by atoms with Crippen molar-refractivity contribution in [1.29, 1.82) is 5.26 Å². The zero-order valence-corrected chi connectivity index (χ0v) is 11.0. The number of aromatic nitrogens is 1. The van der Waals surface area contributed by atoms with E-state index in [-0.39, 0.29) is 4.90 Å². The van der Waals surface area contributed by atoms with Gasteiger partial charge in [0.25, 0.3) is 0 Å². The molecular weight excluding hydrogens is 262 g/mol. The molecule has 0 atom stereocenters. The third-order valence-electron chi connectivity index (χ3n) is 2.60. The van der Waals surface area contributed by atoms with Gasteiger partial charge in [-0.2, -0.15) is 5.26 Å². The van der Waals surface area contributed by atoms with Crippen LogP contribution in [0.3, 0.4) is 0 Å². The van der Waals surface area contributed by atoms with Gasteiger partial charge in [-0.05, 0) is 30.3 Å². The summed E-state index contributed by atoms with van der Waals surface area (Å²) in [4.78, 5) is 0.110. The second-order valence-electron chi connectivity index (χ2n) is 3.96. The molecule has 98 valence electrons. The highest BCUT2D eigenvalue weighted by atomic mass is 32.2. The van der Waals surface area contributed by atoms with E-state index in [0.717, 1.165) is 0 Å². The minimum atomic E-state index is -3.56. The van der Waals surface area contributed by atoms with E-state index >= 15 is 0 Å². The van der Waals surface area contributed by atoms with Crippen LogP contribution >= 0.6 is 0 Å². The first kappa shape index (κ1) is 13.3. The van der Waals surface area contributed by atoms with Gasteiger partial charge >= 0.3 is 0 Å². The quantitative estimate of drug-likeness (QED) is 0.894. The Morgan fingerprint density at radius 3 is 2.63 bits per heavy atom. The molecule has 0 aliphatic heterocycles. The van der Waals surface area contributed by atoms with E-state index in [4.69, 9.17) is 5.26 Å². The first-order valence-electron chi connectivity index (χ1n) is 5.72. The molecule has 1 aromatic carbocycles. The molecule has 0 bridgehead atoms. The topological polar surface area (TPSA) is 74.9 Å².